The molecule has 0 unspecified atom stereocenters. The summed E-state index contributed by atoms with van der Waals surface area (Å²) in [5, 5.41) is 2.95. The third-order valence-corrected chi connectivity index (χ3v) is 7.93. The fourth-order valence-electron chi connectivity index (χ4n) is 4.43. The minimum absolute atomic E-state index is 0.217. The van der Waals surface area contributed by atoms with Crippen LogP contribution in [-0.2, 0) is 32.5 Å². The summed E-state index contributed by atoms with van der Waals surface area (Å²) in [7, 11) is -3.56. The first kappa shape index (κ1) is 21.5. The van der Waals surface area contributed by atoms with Crippen molar-refractivity contribution in [2.75, 3.05) is 23.3 Å². The summed E-state index contributed by atoms with van der Waals surface area (Å²) in [5.74, 6) is -0.533. The molecular weight excluding hydrogens is 414 g/mol. The Morgan fingerprint density at radius 2 is 1.81 bits per heavy atom. The maximum atomic E-state index is 13.1. The molecule has 2 aliphatic rings. The van der Waals surface area contributed by atoms with E-state index in [1.807, 2.05) is 31.2 Å². The predicted octanol–water partition coefficient (Wildman–Crippen LogP) is 2.95. The number of aryl methyl sites for hydroxylation is 1. The zero-order valence-corrected chi connectivity index (χ0v) is 18.6. The Balaban J connectivity index is 1.63. The molecule has 2 aliphatic heterocycles. The minimum Gasteiger partial charge on any atom is -0.324 e. The standard InChI is InChI=1S/C23H27N3O4S/c1-3-17-8-4-5-9-20(17)24-23(28)22-15-18-14-19(10-11-21(18)26(22)16(2)27)31(29,30)25-12-6-7-13-25/h4-5,8-11,14,22H,3,6-7,12-13,15H2,1-2H3,(H,24,28)/t22-/m0/s1. The van der Waals surface area contributed by atoms with E-state index in [1.54, 1.807) is 12.1 Å². The van der Waals surface area contributed by atoms with Gasteiger partial charge >= 0.3 is 0 Å². The number of nitrogens with one attached hydrogen (secondary N) is 1. The normalized spacial score (nSPS) is 18.8. The molecule has 164 valence electrons. The number of rotatable bonds is 5. The summed E-state index contributed by atoms with van der Waals surface area (Å²) >= 11 is 0. The molecule has 2 aromatic carbocycles. The second-order valence-electron chi connectivity index (χ2n) is 8.01. The van der Waals surface area contributed by atoms with E-state index in [4.69, 9.17) is 0 Å². The van der Waals surface area contributed by atoms with Gasteiger partial charge in [0.15, 0.2) is 0 Å². The number of benzene rings is 2. The highest BCUT2D eigenvalue weighted by Gasteiger charge is 2.38. The van der Waals surface area contributed by atoms with Crippen molar-refractivity contribution in [2.24, 2.45) is 0 Å². The van der Waals surface area contributed by atoms with Crippen LogP contribution in [0.25, 0.3) is 0 Å². The number of amides is 2. The molecule has 1 fully saturated rings. The van der Waals surface area contributed by atoms with Crippen molar-refractivity contribution in [3.05, 3.63) is 53.6 Å². The van der Waals surface area contributed by atoms with Gasteiger partial charge in [0.05, 0.1) is 4.90 Å². The van der Waals surface area contributed by atoms with Crippen molar-refractivity contribution in [2.45, 2.75) is 50.5 Å². The van der Waals surface area contributed by atoms with Crippen LogP contribution in [0.4, 0.5) is 11.4 Å². The molecule has 0 saturated carbocycles. The van der Waals surface area contributed by atoms with Gasteiger partial charge in [-0.2, -0.15) is 4.31 Å². The van der Waals surface area contributed by atoms with E-state index in [9.17, 15) is 18.0 Å². The van der Waals surface area contributed by atoms with E-state index < -0.39 is 16.1 Å². The van der Waals surface area contributed by atoms with E-state index in [1.165, 1.54) is 22.2 Å². The van der Waals surface area contributed by atoms with Crippen LogP contribution >= 0.6 is 0 Å². The number of nitrogens with zero attached hydrogens (tertiary/aromatic N) is 2. The largest absolute Gasteiger partial charge is 0.324 e. The number of anilines is 2. The highest BCUT2D eigenvalue weighted by molar-refractivity contribution is 7.89. The summed E-state index contributed by atoms with van der Waals surface area (Å²) in [4.78, 5) is 27.2. The molecule has 7 nitrogen and oxygen atoms in total. The van der Waals surface area contributed by atoms with Gasteiger partial charge in [0.2, 0.25) is 21.8 Å². The molecule has 31 heavy (non-hydrogen) atoms. The first-order chi connectivity index (χ1) is 14.8. The lowest BCUT2D eigenvalue weighted by molar-refractivity contribution is -0.122. The van der Waals surface area contributed by atoms with Gasteiger partial charge in [-0.3, -0.25) is 14.5 Å². The van der Waals surface area contributed by atoms with E-state index >= 15 is 0 Å². The second-order valence-corrected chi connectivity index (χ2v) is 9.95. The van der Waals surface area contributed by atoms with Gasteiger partial charge in [-0.1, -0.05) is 25.1 Å². The van der Waals surface area contributed by atoms with E-state index in [-0.39, 0.29) is 23.1 Å². The average Bonchev–Trinajstić information content (AvgIpc) is 3.42. The van der Waals surface area contributed by atoms with Crippen molar-refractivity contribution < 1.29 is 18.0 Å². The Labute approximate surface area is 183 Å². The number of hydrogen-bond donors (Lipinski definition) is 1. The molecular formula is C23H27N3O4S. The first-order valence-electron chi connectivity index (χ1n) is 10.6. The van der Waals surface area contributed by atoms with Crippen molar-refractivity contribution in [1.29, 1.82) is 0 Å². The molecule has 8 heteroatoms. The van der Waals surface area contributed by atoms with Crippen molar-refractivity contribution in [3.8, 4) is 0 Å². The number of fused-ring (bicyclic) bond motifs is 1. The van der Waals surface area contributed by atoms with Crippen LogP contribution in [0.5, 0.6) is 0 Å². The molecule has 1 atom stereocenters. The van der Waals surface area contributed by atoms with Crippen LogP contribution in [0.1, 0.15) is 37.8 Å². The van der Waals surface area contributed by atoms with E-state index in [0.29, 0.717) is 24.3 Å². The van der Waals surface area contributed by atoms with Gasteiger partial charge in [0.25, 0.3) is 0 Å². The summed E-state index contributed by atoms with van der Waals surface area (Å²) in [6, 6.07) is 11.7. The third kappa shape index (κ3) is 3.97. The number of sulfonamides is 1. The first-order valence-corrected chi connectivity index (χ1v) is 12.1. The van der Waals surface area contributed by atoms with Crippen LogP contribution < -0.4 is 10.2 Å². The van der Waals surface area contributed by atoms with Crippen LogP contribution in [0.3, 0.4) is 0 Å². The third-order valence-electron chi connectivity index (χ3n) is 6.04. The topological polar surface area (TPSA) is 86.8 Å². The van der Waals surface area contributed by atoms with Crippen LogP contribution in [-0.4, -0.2) is 43.7 Å². The Kier molecular flexibility index (Phi) is 5.85. The lowest BCUT2D eigenvalue weighted by Gasteiger charge is -2.24. The van der Waals surface area contributed by atoms with Crippen molar-refractivity contribution >= 4 is 33.2 Å². The van der Waals surface area contributed by atoms with E-state index in [2.05, 4.69) is 5.32 Å². The molecule has 0 aromatic heterocycles. The van der Waals surface area contributed by atoms with Crippen LogP contribution in [0.15, 0.2) is 47.4 Å². The van der Waals surface area contributed by atoms with Gasteiger partial charge in [0.1, 0.15) is 6.04 Å². The SMILES string of the molecule is CCc1ccccc1NC(=O)[C@@H]1Cc2cc(S(=O)(=O)N3CCCC3)ccc2N1C(C)=O. The molecule has 2 heterocycles. The Morgan fingerprint density at radius 1 is 1.10 bits per heavy atom. The average molecular weight is 442 g/mol. The molecule has 0 spiro atoms. The minimum atomic E-state index is -3.56. The lowest BCUT2D eigenvalue weighted by atomic mass is 10.1. The fourth-order valence-corrected chi connectivity index (χ4v) is 6.00. The number of carbonyl (C=O) groups is 2. The predicted molar refractivity (Wildman–Crippen MR) is 120 cm³/mol. The zero-order valence-electron chi connectivity index (χ0n) is 17.8. The number of carbonyl (C=O) groups excluding carboxylic acids is 2. The smallest absolute Gasteiger partial charge is 0.247 e. The fraction of sp³-hybridized carbons (Fsp3) is 0.391. The van der Waals surface area contributed by atoms with Crippen LogP contribution in [0, 0.1) is 0 Å². The number of hydrogen-bond acceptors (Lipinski definition) is 4. The quantitative estimate of drug-likeness (QED) is 0.773. The summed E-state index contributed by atoms with van der Waals surface area (Å²) in [6.07, 6.45) is 2.78. The van der Waals surface area contributed by atoms with Gasteiger partial charge in [0, 0.05) is 37.8 Å². The maximum absolute atomic E-state index is 13.1. The monoisotopic (exact) mass is 441 g/mol. The van der Waals surface area contributed by atoms with Crippen molar-refractivity contribution in [3.63, 3.8) is 0 Å². The van der Waals surface area contributed by atoms with Gasteiger partial charge < -0.3 is 5.32 Å². The lowest BCUT2D eigenvalue weighted by Crippen LogP contribution is -2.44. The molecule has 0 bridgehead atoms. The maximum Gasteiger partial charge on any atom is 0.247 e. The van der Waals surface area contributed by atoms with Crippen LogP contribution in [0.2, 0.25) is 0 Å². The van der Waals surface area contributed by atoms with Gasteiger partial charge in [-0.15, -0.1) is 0 Å². The van der Waals surface area contributed by atoms with E-state index in [0.717, 1.165) is 30.5 Å². The molecule has 0 aliphatic carbocycles. The molecule has 2 aromatic rings. The summed E-state index contributed by atoms with van der Waals surface area (Å²) < 4.78 is 27.4. The highest BCUT2D eigenvalue weighted by Crippen LogP contribution is 2.35. The van der Waals surface area contributed by atoms with Gasteiger partial charge in [-0.25, -0.2) is 8.42 Å². The Hall–Kier alpha value is -2.71. The highest BCUT2D eigenvalue weighted by atomic mass is 32.2. The summed E-state index contributed by atoms with van der Waals surface area (Å²) in [6.45, 7) is 4.49. The zero-order chi connectivity index (χ0) is 22.2. The Morgan fingerprint density at radius 3 is 2.48 bits per heavy atom. The molecule has 2 amide bonds. The molecule has 1 N–H and O–H groups in total. The second kappa shape index (κ2) is 8.43. The van der Waals surface area contributed by atoms with Crippen molar-refractivity contribution in [1.82, 2.24) is 4.31 Å². The molecule has 1 saturated heterocycles. The molecule has 0 radical (unpaired) electrons. The molecule has 4 rings (SSSR count). The Bertz CT molecular complexity index is 1120. The number of para-hydroxylation sites is 1. The van der Waals surface area contributed by atoms with Gasteiger partial charge in [-0.05, 0) is 54.7 Å². The summed E-state index contributed by atoms with van der Waals surface area (Å²) in [5.41, 5.74) is 3.03.